The second-order valence-corrected chi connectivity index (χ2v) is 6.56. The van der Waals surface area contributed by atoms with E-state index in [4.69, 9.17) is 0 Å². The zero-order valence-corrected chi connectivity index (χ0v) is 14.7. The minimum Gasteiger partial charge on any atom is -0.378 e. The second kappa shape index (κ2) is 6.58. The highest BCUT2D eigenvalue weighted by Gasteiger charge is 2.33. The van der Waals surface area contributed by atoms with E-state index in [0.717, 1.165) is 11.4 Å². The number of anilines is 1. The maximum absolute atomic E-state index is 12.6. The molecule has 0 radical (unpaired) electrons. The summed E-state index contributed by atoms with van der Waals surface area (Å²) in [6.07, 6.45) is 5.15. The number of rotatable bonds is 5. The normalized spacial score (nSPS) is 14.3. The van der Waals surface area contributed by atoms with Gasteiger partial charge in [-0.1, -0.05) is 11.3 Å². The van der Waals surface area contributed by atoms with Crippen LogP contribution in [0.3, 0.4) is 0 Å². The van der Waals surface area contributed by atoms with E-state index in [1.54, 1.807) is 17.2 Å². The lowest BCUT2D eigenvalue weighted by Crippen LogP contribution is -2.50. The lowest BCUT2D eigenvalue weighted by molar-refractivity contribution is 0.0498. The van der Waals surface area contributed by atoms with Crippen LogP contribution in [0.4, 0.5) is 5.69 Å². The van der Waals surface area contributed by atoms with Crippen LogP contribution in [0.15, 0.2) is 42.9 Å². The molecule has 0 unspecified atom stereocenters. The molecule has 0 aliphatic carbocycles. The fraction of sp³-hybridized carbons (Fsp3) is 0.353. The van der Waals surface area contributed by atoms with Crippen molar-refractivity contribution in [3.05, 3.63) is 54.1 Å². The number of carbonyl (C=O) groups excluding carboxylic acids is 1. The molecule has 134 valence electrons. The first-order valence-corrected chi connectivity index (χ1v) is 8.41. The first-order valence-electron chi connectivity index (χ1n) is 8.41. The highest BCUT2D eigenvalue weighted by Crippen LogP contribution is 2.24. The van der Waals surface area contributed by atoms with Crippen molar-refractivity contribution >= 4 is 11.6 Å². The molecule has 9 heteroatoms. The van der Waals surface area contributed by atoms with Crippen LogP contribution in [-0.4, -0.2) is 68.0 Å². The van der Waals surface area contributed by atoms with E-state index in [-0.39, 0.29) is 11.9 Å². The molecule has 0 saturated carbocycles. The minimum absolute atomic E-state index is 0.0472. The zero-order valence-electron chi connectivity index (χ0n) is 14.7. The van der Waals surface area contributed by atoms with Crippen LogP contribution >= 0.6 is 0 Å². The number of carbonyl (C=O) groups is 1. The van der Waals surface area contributed by atoms with Crippen molar-refractivity contribution in [3.63, 3.8) is 0 Å². The molecule has 0 atom stereocenters. The molecule has 1 saturated heterocycles. The summed E-state index contributed by atoms with van der Waals surface area (Å²) in [5, 5.41) is 16.5. The van der Waals surface area contributed by atoms with Gasteiger partial charge in [0.15, 0.2) is 0 Å². The average Bonchev–Trinajstić information content (AvgIpc) is 3.26. The molecule has 3 heterocycles. The second-order valence-electron chi connectivity index (χ2n) is 6.56. The summed E-state index contributed by atoms with van der Waals surface area (Å²) in [7, 11) is 3.93. The fourth-order valence-corrected chi connectivity index (χ4v) is 2.92. The van der Waals surface area contributed by atoms with E-state index in [1.165, 1.54) is 0 Å². The SMILES string of the molecule is CN(C)c1cccc(C(=O)N2CC(n3cc(Cn4nccn4)nn3)C2)c1. The van der Waals surface area contributed by atoms with Crippen LogP contribution in [0.5, 0.6) is 0 Å². The van der Waals surface area contributed by atoms with Crippen LogP contribution in [0.25, 0.3) is 0 Å². The van der Waals surface area contributed by atoms with Gasteiger partial charge in [0.25, 0.3) is 5.91 Å². The summed E-state index contributed by atoms with van der Waals surface area (Å²) < 4.78 is 1.82. The van der Waals surface area contributed by atoms with Gasteiger partial charge in [0.05, 0.1) is 24.6 Å². The van der Waals surface area contributed by atoms with Crippen LogP contribution in [0.2, 0.25) is 0 Å². The van der Waals surface area contributed by atoms with Gasteiger partial charge in [-0.15, -0.1) is 5.10 Å². The quantitative estimate of drug-likeness (QED) is 0.671. The number of amides is 1. The van der Waals surface area contributed by atoms with Crippen molar-refractivity contribution in [1.29, 1.82) is 0 Å². The molecule has 3 aromatic rings. The molecule has 1 amide bonds. The van der Waals surface area contributed by atoms with Crippen LogP contribution in [0, 0.1) is 0 Å². The Kier molecular flexibility index (Phi) is 4.11. The molecule has 1 aliphatic rings. The molecular formula is C17H20N8O. The van der Waals surface area contributed by atoms with Crippen molar-refractivity contribution in [2.24, 2.45) is 0 Å². The minimum atomic E-state index is 0.0472. The number of hydrogen-bond acceptors (Lipinski definition) is 6. The van der Waals surface area contributed by atoms with Crippen LogP contribution < -0.4 is 4.90 Å². The summed E-state index contributed by atoms with van der Waals surface area (Å²) in [5.74, 6) is 0.0472. The number of benzene rings is 1. The summed E-state index contributed by atoms with van der Waals surface area (Å²) >= 11 is 0. The number of aromatic nitrogens is 6. The third-order valence-electron chi connectivity index (χ3n) is 4.46. The molecule has 0 N–H and O–H groups in total. The number of nitrogens with zero attached hydrogens (tertiary/aromatic N) is 8. The fourth-order valence-electron chi connectivity index (χ4n) is 2.92. The molecular weight excluding hydrogens is 332 g/mol. The van der Waals surface area contributed by atoms with Crippen molar-refractivity contribution in [2.45, 2.75) is 12.6 Å². The van der Waals surface area contributed by atoms with E-state index < -0.39 is 0 Å². The zero-order chi connectivity index (χ0) is 18.1. The predicted molar refractivity (Wildman–Crippen MR) is 94.9 cm³/mol. The van der Waals surface area contributed by atoms with Gasteiger partial charge in [0, 0.05) is 38.4 Å². The van der Waals surface area contributed by atoms with E-state index in [0.29, 0.717) is 25.2 Å². The Morgan fingerprint density at radius 3 is 2.73 bits per heavy atom. The van der Waals surface area contributed by atoms with Gasteiger partial charge in [0.2, 0.25) is 0 Å². The Bertz CT molecular complexity index is 895. The molecule has 4 rings (SSSR count). The summed E-state index contributed by atoms with van der Waals surface area (Å²) in [6.45, 7) is 1.75. The Morgan fingerprint density at radius 2 is 2.00 bits per heavy atom. The third kappa shape index (κ3) is 3.15. The Balaban J connectivity index is 1.37. The third-order valence-corrected chi connectivity index (χ3v) is 4.46. The lowest BCUT2D eigenvalue weighted by Gasteiger charge is -2.39. The highest BCUT2D eigenvalue weighted by molar-refractivity contribution is 5.95. The molecule has 0 spiro atoms. The van der Waals surface area contributed by atoms with E-state index >= 15 is 0 Å². The van der Waals surface area contributed by atoms with Crippen molar-refractivity contribution < 1.29 is 4.79 Å². The molecule has 9 nitrogen and oxygen atoms in total. The predicted octanol–water partition coefficient (Wildman–Crippen LogP) is 0.681. The van der Waals surface area contributed by atoms with Crippen LogP contribution in [-0.2, 0) is 6.54 Å². The van der Waals surface area contributed by atoms with E-state index in [1.807, 2.05) is 59.0 Å². The first-order chi connectivity index (χ1) is 12.6. The smallest absolute Gasteiger partial charge is 0.254 e. The standard InChI is InChI=1S/C17H20N8O/c1-22(2)15-5-3-4-13(8-15)17(26)23-11-16(12-23)24-9-14(20-21-24)10-25-18-6-7-19-25/h3-9,16H,10-12H2,1-2H3. The van der Waals surface area contributed by atoms with Gasteiger partial charge in [-0.3, -0.25) is 4.79 Å². The summed E-state index contributed by atoms with van der Waals surface area (Å²) in [6, 6.07) is 7.82. The van der Waals surface area contributed by atoms with Gasteiger partial charge < -0.3 is 9.80 Å². The molecule has 1 aromatic carbocycles. The number of likely N-dealkylation sites (tertiary alicyclic amines) is 1. The molecule has 1 fully saturated rings. The topological polar surface area (TPSA) is 85.0 Å². The van der Waals surface area contributed by atoms with Gasteiger partial charge in [-0.05, 0) is 18.2 Å². The number of hydrogen-bond donors (Lipinski definition) is 0. The van der Waals surface area contributed by atoms with Crippen LogP contribution in [0.1, 0.15) is 22.1 Å². The van der Waals surface area contributed by atoms with Crippen molar-refractivity contribution in [1.82, 2.24) is 34.9 Å². The monoisotopic (exact) mass is 352 g/mol. The van der Waals surface area contributed by atoms with Gasteiger partial charge >= 0.3 is 0 Å². The lowest BCUT2D eigenvalue weighted by atomic mass is 10.1. The molecule has 1 aliphatic heterocycles. The molecule has 2 aromatic heterocycles. The highest BCUT2D eigenvalue weighted by atomic mass is 16.2. The Labute approximate surface area is 150 Å². The van der Waals surface area contributed by atoms with Crippen molar-refractivity contribution in [2.75, 3.05) is 32.1 Å². The van der Waals surface area contributed by atoms with Gasteiger partial charge in [-0.2, -0.15) is 15.0 Å². The Morgan fingerprint density at radius 1 is 1.23 bits per heavy atom. The summed E-state index contributed by atoms with van der Waals surface area (Å²) in [5.41, 5.74) is 2.52. The average molecular weight is 352 g/mol. The van der Waals surface area contributed by atoms with E-state index in [9.17, 15) is 4.79 Å². The first kappa shape index (κ1) is 16.2. The Hall–Kier alpha value is -3.23. The largest absolute Gasteiger partial charge is 0.378 e. The molecule has 26 heavy (non-hydrogen) atoms. The van der Waals surface area contributed by atoms with Gasteiger partial charge in [-0.25, -0.2) is 4.68 Å². The summed E-state index contributed by atoms with van der Waals surface area (Å²) in [4.78, 5) is 18.0. The maximum Gasteiger partial charge on any atom is 0.254 e. The maximum atomic E-state index is 12.6. The van der Waals surface area contributed by atoms with E-state index in [2.05, 4.69) is 20.5 Å². The van der Waals surface area contributed by atoms with Gasteiger partial charge in [0.1, 0.15) is 12.2 Å². The van der Waals surface area contributed by atoms with Crippen molar-refractivity contribution in [3.8, 4) is 0 Å². The molecule has 0 bridgehead atoms.